The van der Waals surface area contributed by atoms with Gasteiger partial charge in [-0.15, -0.1) is 10.2 Å². The number of aromatic nitrogens is 3. The fraction of sp³-hybridized carbons (Fsp3) is 0.176. The van der Waals surface area contributed by atoms with E-state index in [4.69, 9.17) is 5.84 Å². The number of benzene rings is 2. The molecule has 0 spiro atoms. The van der Waals surface area contributed by atoms with Gasteiger partial charge in [0.05, 0.1) is 5.56 Å². The molecule has 3 N–H and O–H groups in total. The van der Waals surface area contributed by atoms with Crippen molar-refractivity contribution >= 4 is 11.8 Å². The van der Waals surface area contributed by atoms with Crippen molar-refractivity contribution in [1.82, 2.24) is 14.9 Å². The van der Waals surface area contributed by atoms with Gasteiger partial charge >= 0.3 is 0 Å². The van der Waals surface area contributed by atoms with E-state index in [2.05, 4.69) is 34.5 Å². The highest BCUT2D eigenvalue weighted by Crippen LogP contribution is 2.28. The lowest BCUT2D eigenvalue weighted by Crippen LogP contribution is -2.11. The highest BCUT2D eigenvalue weighted by molar-refractivity contribution is 7.99. The molecule has 0 saturated heterocycles. The van der Waals surface area contributed by atoms with Crippen LogP contribution in [0.4, 0.5) is 0 Å². The van der Waals surface area contributed by atoms with Gasteiger partial charge in [-0.05, 0) is 30.5 Å². The molecule has 0 aliphatic carbocycles. The average molecular weight is 326 g/mol. The van der Waals surface area contributed by atoms with Crippen LogP contribution in [0.25, 0.3) is 11.4 Å². The van der Waals surface area contributed by atoms with Gasteiger partial charge in [-0.2, -0.15) is 0 Å². The summed E-state index contributed by atoms with van der Waals surface area (Å²) in [6.45, 7) is 0. The summed E-state index contributed by atoms with van der Waals surface area (Å²) >= 11 is 1.57. The number of phenols is 1. The predicted octanol–water partition coefficient (Wildman–Crippen LogP) is 3.09. The van der Waals surface area contributed by atoms with E-state index < -0.39 is 0 Å². The van der Waals surface area contributed by atoms with E-state index >= 15 is 0 Å². The van der Waals surface area contributed by atoms with Crippen molar-refractivity contribution in [2.24, 2.45) is 0 Å². The molecular formula is C17H18N4OS. The fourth-order valence-electron chi connectivity index (χ4n) is 2.31. The maximum atomic E-state index is 9.89. The largest absolute Gasteiger partial charge is 0.507 e. The minimum absolute atomic E-state index is 0.146. The second kappa shape index (κ2) is 7.19. The Morgan fingerprint density at radius 3 is 2.52 bits per heavy atom. The van der Waals surface area contributed by atoms with Crippen LogP contribution in [0.2, 0.25) is 0 Å². The first-order valence-electron chi connectivity index (χ1n) is 7.41. The summed E-state index contributed by atoms with van der Waals surface area (Å²) in [4.78, 5) is 0. The maximum absolute atomic E-state index is 9.89. The van der Waals surface area contributed by atoms with Crippen LogP contribution in [-0.2, 0) is 6.42 Å². The molecule has 0 radical (unpaired) electrons. The minimum atomic E-state index is 0.146. The Bertz CT molecular complexity index is 773. The number of para-hydroxylation sites is 1. The molecule has 0 aliphatic rings. The minimum Gasteiger partial charge on any atom is -0.507 e. The normalized spacial score (nSPS) is 10.8. The molecular weight excluding hydrogens is 308 g/mol. The summed E-state index contributed by atoms with van der Waals surface area (Å²) in [7, 11) is 0. The first-order chi connectivity index (χ1) is 11.3. The lowest BCUT2D eigenvalue weighted by atomic mass is 10.1. The molecule has 5 nitrogen and oxygen atoms in total. The molecule has 0 atom stereocenters. The monoisotopic (exact) mass is 326 g/mol. The number of aryl methyl sites for hydroxylation is 1. The molecule has 0 saturated carbocycles. The lowest BCUT2D eigenvalue weighted by Gasteiger charge is -2.05. The molecule has 3 rings (SSSR count). The topological polar surface area (TPSA) is 77.0 Å². The van der Waals surface area contributed by atoms with Crippen LogP contribution >= 0.6 is 11.8 Å². The number of hydrogen-bond acceptors (Lipinski definition) is 5. The van der Waals surface area contributed by atoms with E-state index in [0.29, 0.717) is 16.5 Å². The zero-order valence-corrected chi connectivity index (χ0v) is 13.4. The maximum Gasteiger partial charge on any atom is 0.210 e. The third kappa shape index (κ3) is 3.65. The van der Waals surface area contributed by atoms with Crippen molar-refractivity contribution in [2.45, 2.75) is 18.0 Å². The number of nitrogens with two attached hydrogens (primary N) is 1. The average Bonchev–Trinajstić information content (AvgIpc) is 2.94. The quantitative estimate of drug-likeness (QED) is 0.413. The number of aromatic hydroxyl groups is 1. The number of phenolic OH excluding ortho intramolecular Hbond substituents is 1. The third-order valence-corrected chi connectivity index (χ3v) is 4.52. The smallest absolute Gasteiger partial charge is 0.210 e. The standard InChI is InChI=1S/C17H18N4OS/c18-21-16(14-10-4-5-11-15(14)22)19-20-17(21)23-12-6-9-13-7-2-1-3-8-13/h1-5,7-8,10-11,22H,6,9,12,18H2. The van der Waals surface area contributed by atoms with Crippen molar-refractivity contribution in [2.75, 3.05) is 11.6 Å². The predicted molar refractivity (Wildman–Crippen MR) is 92.8 cm³/mol. The van der Waals surface area contributed by atoms with Gasteiger partial charge in [0.1, 0.15) is 5.75 Å². The molecule has 0 aliphatic heterocycles. The fourth-order valence-corrected chi connectivity index (χ4v) is 3.10. The van der Waals surface area contributed by atoms with Crippen LogP contribution in [0.1, 0.15) is 12.0 Å². The Hall–Kier alpha value is -2.47. The van der Waals surface area contributed by atoms with E-state index in [9.17, 15) is 5.11 Å². The molecule has 118 valence electrons. The number of nitrogen functional groups attached to an aromatic ring is 1. The molecule has 1 aromatic heterocycles. The first kappa shape index (κ1) is 15.4. The van der Waals surface area contributed by atoms with Crippen molar-refractivity contribution in [3.63, 3.8) is 0 Å². The van der Waals surface area contributed by atoms with Gasteiger partial charge in [0.15, 0.2) is 5.82 Å². The Labute approximate surface area is 139 Å². The summed E-state index contributed by atoms with van der Waals surface area (Å²) < 4.78 is 1.43. The second-order valence-electron chi connectivity index (χ2n) is 5.13. The summed E-state index contributed by atoms with van der Waals surface area (Å²) in [5, 5.41) is 18.8. The molecule has 3 aromatic rings. The van der Waals surface area contributed by atoms with Gasteiger partial charge in [-0.25, -0.2) is 4.68 Å². The van der Waals surface area contributed by atoms with Gasteiger partial charge in [0.25, 0.3) is 0 Å². The Morgan fingerprint density at radius 1 is 1.00 bits per heavy atom. The Morgan fingerprint density at radius 2 is 1.74 bits per heavy atom. The van der Waals surface area contributed by atoms with Crippen molar-refractivity contribution < 1.29 is 5.11 Å². The molecule has 6 heteroatoms. The summed E-state index contributed by atoms with van der Waals surface area (Å²) in [6.07, 6.45) is 2.06. The number of hydrogen-bond donors (Lipinski definition) is 2. The third-order valence-electron chi connectivity index (χ3n) is 3.49. The lowest BCUT2D eigenvalue weighted by molar-refractivity contribution is 0.476. The molecule has 23 heavy (non-hydrogen) atoms. The van der Waals surface area contributed by atoms with Gasteiger partial charge in [-0.3, -0.25) is 0 Å². The van der Waals surface area contributed by atoms with Gasteiger partial charge in [0.2, 0.25) is 5.16 Å². The summed E-state index contributed by atoms with van der Waals surface area (Å²) in [6, 6.07) is 17.4. The van der Waals surface area contributed by atoms with Crippen LogP contribution in [0.5, 0.6) is 5.75 Å². The Kier molecular flexibility index (Phi) is 4.83. The Balaban J connectivity index is 1.61. The number of thioether (sulfide) groups is 1. The van der Waals surface area contributed by atoms with E-state index in [1.165, 1.54) is 10.2 Å². The van der Waals surface area contributed by atoms with Crippen LogP contribution < -0.4 is 5.84 Å². The molecule has 1 heterocycles. The SMILES string of the molecule is Nn1c(SCCCc2ccccc2)nnc1-c1ccccc1O. The van der Waals surface area contributed by atoms with E-state index in [0.717, 1.165) is 18.6 Å². The van der Waals surface area contributed by atoms with Gasteiger partial charge in [0, 0.05) is 5.75 Å². The number of nitrogens with zero attached hydrogens (tertiary/aromatic N) is 3. The van der Waals surface area contributed by atoms with Crippen LogP contribution in [-0.4, -0.2) is 25.7 Å². The van der Waals surface area contributed by atoms with Crippen molar-refractivity contribution in [3.8, 4) is 17.1 Å². The molecule has 0 amide bonds. The molecule has 2 aromatic carbocycles. The molecule has 0 fully saturated rings. The van der Waals surface area contributed by atoms with Crippen molar-refractivity contribution in [1.29, 1.82) is 0 Å². The van der Waals surface area contributed by atoms with Crippen LogP contribution in [0, 0.1) is 0 Å². The summed E-state index contributed by atoms with van der Waals surface area (Å²) in [5.74, 6) is 7.58. The molecule has 0 unspecified atom stereocenters. The molecule has 0 bridgehead atoms. The first-order valence-corrected chi connectivity index (χ1v) is 8.40. The van der Waals surface area contributed by atoms with Crippen LogP contribution in [0.15, 0.2) is 59.8 Å². The zero-order chi connectivity index (χ0) is 16.1. The van der Waals surface area contributed by atoms with E-state index in [-0.39, 0.29) is 5.75 Å². The van der Waals surface area contributed by atoms with Gasteiger partial charge in [-0.1, -0.05) is 54.2 Å². The highest BCUT2D eigenvalue weighted by Gasteiger charge is 2.14. The van der Waals surface area contributed by atoms with E-state index in [1.54, 1.807) is 30.0 Å². The second-order valence-corrected chi connectivity index (χ2v) is 6.19. The highest BCUT2D eigenvalue weighted by atomic mass is 32.2. The van der Waals surface area contributed by atoms with Crippen LogP contribution in [0.3, 0.4) is 0 Å². The zero-order valence-electron chi connectivity index (χ0n) is 12.6. The summed E-state index contributed by atoms with van der Waals surface area (Å²) in [5.41, 5.74) is 1.91. The van der Waals surface area contributed by atoms with Crippen molar-refractivity contribution in [3.05, 3.63) is 60.2 Å². The number of rotatable bonds is 6. The van der Waals surface area contributed by atoms with Gasteiger partial charge < -0.3 is 10.9 Å². The van der Waals surface area contributed by atoms with E-state index in [1.807, 2.05) is 12.1 Å².